The fourth-order valence-electron chi connectivity index (χ4n) is 5.63. The molecule has 0 aliphatic rings. The molecule has 8 nitrogen and oxygen atoms in total. The molecule has 0 aliphatic carbocycles. The molecule has 1 atom stereocenters. The van der Waals surface area contributed by atoms with Crippen molar-refractivity contribution in [1.29, 1.82) is 0 Å². The Labute approximate surface area is 311 Å². The van der Waals surface area contributed by atoms with E-state index in [-0.39, 0.29) is 11.6 Å². The Balaban J connectivity index is 1.09. The summed E-state index contributed by atoms with van der Waals surface area (Å²) in [6.45, 7) is 1.94. The molecule has 1 aromatic heterocycles. The van der Waals surface area contributed by atoms with Crippen molar-refractivity contribution in [2.45, 2.75) is 17.1 Å². The predicted octanol–water partition coefficient (Wildman–Crippen LogP) is 9.68. The maximum absolute atomic E-state index is 13.9. The number of thioether (sulfide) groups is 1. The normalized spacial score (nSPS) is 11.8. The summed E-state index contributed by atoms with van der Waals surface area (Å²) in [5.74, 6) is -0.594. The van der Waals surface area contributed by atoms with E-state index in [1.165, 1.54) is 11.8 Å². The molecule has 53 heavy (non-hydrogen) atoms. The van der Waals surface area contributed by atoms with Gasteiger partial charge in [0.25, 0.3) is 11.8 Å². The van der Waals surface area contributed by atoms with Gasteiger partial charge < -0.3 is 20.4 Å². The van der Waals surface area contributed by atoms with Gasteiger partial charge in [-0.2, -0.15) is 0 Å². The summed E-state index contributed by atoms with van der Waals surface area (Å²) in [5, 5.41) is 8.19. The standard InChI is InChI=1S/C44H34N4O4S/c1-29-13-8-9-18-33(29)27-38(47-41(49)31-16-6-3-7-17-31)42(50)46-35-19-12-20-36(28-35)53-40(30-14-4-2-5-15-30)43(51)45-34-25-23-32(24-26-34)44-48-37-21-10-11-22-39(37)52-44/h2-28,40H,1H3,(H,45,51)(H,46,50)(H,47,49)/b38-27-. The largest absolute Gasteiger partial charge is 0.436 e. The summed E-state index contributed by atoms with van der Waals surface area (Å²) in [5.41, 5.74) is 6.51. The van der Waals surface area contributed by atoms with Crippen LogP contribution in [-0.4, -0.2) is 22.7 Å². The molecule has 7 aromatic rings. The van der Waals surface area contributed by atoms with Crippen molar-refractivity contribution in [3.05, 3.63) is 186 Å². The van der Waals surface area contributed by atoms with Crippen molar-refractivity contribution >= 4 is 58.0 Å². The maximum Gasteiger partial charge on any atom is 0.272 e. The number of rotatable bonds is 11. The van der Waals surface area contributed by atoms with Crippen LogP contribution in [0.2, 0.25) is 0 Å². The number of hydrogen-bond acceptors (Lipinski definition) is 6. The van der Waals surface area contributed by atoms with Gasteiger partial charge in [0.15, 0.2) is 5.58 Å². The second kappa shape index (κ2) is 16.1. The quantitative estimate of drug-likeness (QED) is 0.0909. The first kappa shape index (κ1) is 34.7. The van der Waals surface area contributed by atoms with E-state index in [1.807, 2.05) is 134 Å². The lowest BCUT2D eigenvalue weighted by atomic mass is 10.1. The molecule has 7 rings (SSSR count). The lowest BCUT2D eigenvalue weighted by Gasteiger charge is -2.18. The molecule has 1 unspecified atom stereocenters. The van der Waals surface area contributed by atoms with Crippen molar-refractivity contribution in [3.63, 3.8) is 0 Å². The molecule has 260 valence electrons. The molecule has 0 radical (unpaired) electrons. The summed E-state index contributed by atoms with van der Waals surface area (Å²) >= 11 is 1.36. The Bertz CT molecular complexity index is 2390. The van der Waals surface area contributed by atoms with Crippen molar-refractivity contribution in [1.82, 2.24) is 10.3 Å². The number of aromatic nitrogens is 1. The average Bonchev–Trinajstić information content (AvgIpc) is 3.63. The van der Waals surface area contributed by atoms with E-state index in [1.54, 1.807) is 36.4 Å². The molecule has 1 heterocycles. The van der Waals surface area contributed by atoms with Crippen LogP contribution in [0.5, 0.6) is 0 Å². The van der Waals surface area contributed by atoms with Crippen LogP contribution in [0.25, 0.3) is 28.6 Å². The van der Waals surface area contributed by atoms with E-state index in [0.717, 1.165) is 32.7 Å². The van der Waals surface area contributed by atoms with E-state index in [2.05, 4.69) is 20.9 Å². The number of amides is 3. The number of para-hydroxylation sites is 2. The number of hydrogen-bond donors (Lipinski definition) is 3. The summed E-state index contributed by atoms with van der Waals surface area (Å²) in [6.07, 6.45) is 1.67. The SMILES string of the molecule is Cc1ccccc1/C=C(\NC(=O)c1ccccc1)C(=O)Nc1cccc(SC(C(=O)Nc2ccc(-c3nc4ccccc4o3)cc2)c2ccccc2)c1. The first-order chi connectivity index (χ1) is 25.9. The third kappa shape index (κ3) is 8.61. The number of benzene rings is 6. The maximum atomic E-state index is 13.9. The number of carbonyl (C=O) groups is 3. The van der Waals surface area contributed by atoms with Crippen molar-refractivity contribution in [2.75, 3.05) is 10.6 Å². The van der Waals surface area contributed by atoms with Crippen molar-refractivity contribution in [3.8, 4) is 11.5 Å². The number of fused-ring (bicyclic) bond motifs is 1. The Morgan fingerprint density at radius 1 is 0.698 bits per heavy atom. The minimum atomic E-state index is -0.611. The summed E-state index contributed by atoms with van der Waals surface area (Å²) in [7, 11) is 0. The monoisotopic (exact) mass is 714 g/mol. The first-order valence-corrected chi connectivity index (χ1v) is 17.8. The molecule has 0 bridgehead atoms. The van der Waals surface area contributed by atoms with Crippen LogP contribution in [0.15, 0.2) is 173 Å². The summed E-state index contributed by atoms with van der Waals surface area (Å²) in [6, 6.07) is 48.1. The highest BCUT2D eigenvalue weighted by Crippen LogP contribution is 2.37. The smallest absolute Gasteiger partial charge is 0.272 e. The van der Waals surface area contributed by atoms with Gasteiger partial charge in [0.1, 0.15) is 16.5 Å². The molecule has 3 amide bonds. The molecule has 0 fully saturated rings. The number of oxazole rings is 1. The molecular formula is C44H34N4O4S. The minimum absolute atomic E-state index is 0.0925. The Morgan fingerprint density at radius 2 is 1.40 bits per heavy atom. The fraction of sp³-hybridized carbons (Fsp3) is 0.0455. The zero-order valence-corrected chi connectivity index (χ0v) is 29.5. The highest BCUT2D eigenvalue weighted by Gasteiger charge is 2.23. The van der Waals surface area contributed by atoms with Gasteiger partial charge in [0.05, 0.1) is 0 Å². The molecule has 6 aromatic carbocycles. The van der Waals surface area contributed by atoms with Crippen LogP contribution >= 0.6 is 11.8 Å². The number of carbonyl (C=O) groups excluding carboxylic acids is 3. The van der Waals surface area contributed by atoms with Gasteiger partial charge in [-0.05, 0) is 96.4 Å². The van der Waals surface area contributed by atoms with Gasteiger partial charge in [-0.15, -0.1) is 11.8 Å². The fourth-order valence-corrected chi connectivity index (χ4v) is 6.71. The van der Waals surface area contributed by atoms with Crippen LogP contribution in [0.1, 0.15) is 32.3 Å². The Kier molecular flexibility index (Phi) is 10.5. The Morgan fingerprint density at radius 3 is 2.15 bits per heavy atom. The van der Waals surface area contributed by atoms with Crippen LogP contribution in [0.4, 0.5) is 11.4 Å². The van der Waals surface area contributed by atoms with Gasteiger partial charge in [-0.3, -0.25) is 14.4 Å². The van der Waals surface area contributed by atoms with Gasteiger partial charge in [0.2, 0.25) is 11.8 Å². The zero-order valence-electron chi connectivity index (χ0n) is 28.7. The molecule has 9 heteroatoms. The van der Waals surface area contributed by atoms with Crippen LogP contribution in [-0.2, 0) is 9.59 Å². The lowest BCUT2D eigenvalue weighted by Crippen LogP contribution is -2.30. The molecule has 0 saturated carbocycles. The third-order valence-electron chi connectivity index (χ3n) is 8.40. The molecule has 3 N–H and O–H groups in total. The van der Waals surface area contributed by atoms with Crippen molar-refractivity contribution in [2.24, 2.45) is 0 Å². The van der Waals surface area contributed by atoms with E-state index in [4.69, 9.17) is 4.42 Å². The van der Waals surface area contributed by atoms with Gasteiger partial charge in [-0.1, -0.05) is 91.0 Å². The second-order valence-corrected chi connectivity index (χ2v) is 13.4. The first-order valence-electron chi connectivity index (χ1n) is 16.9. The van der Waals surface area contributed by atoms with E-state index in [0.29, 0.717) is 28.4 Å². The van der Waals surface area contributed by atoms with E-state index in [9.17, 15) is 14.4 Å². The molecule has 0 aliphatic heterocycles. The van der Waals surface area contributed by atoms with Crippen molar-refractivity contribution < 1.29 is 18.8 Å². The molecule has 0 spiro atoms. The summed E-state index contributed by atoms with van der Waals surface area (Å²) < 4.78 is 5.90. The average molecular weight is 715 g/mol. The predicted molar refractivity (Wildman–Crippen MR) is 211 cm³/mol. The number of nitrogens with zero attached hydrogens (tertiary/aromatic N) is 1. The lowest BCUT2D eigenvalue weighted by molar-refractivity contribution is -0.116. The van der Waals surface area contributed by atoms with Crippen LogP contribution < -0.4 is 16.0 Å². The van der Waals surface area contributed by atoms with Crippen LogP contribution in [0, 0.1) is 6.92 Å². The Hall–Kier alpha value is -6.71. The number of nitrogens with one attached hydrogen (secondary N) is 3. The molecule has 0 saturated heterocycles. The van der Waals surface area contributed by atoms with Gasteiger partial charge >= 0.3 is 0 Å². The van der Waals surface area contributed by atoms with Gasteiger partial charge in [0, 0.05) is 27.4 Å². The molecular weight excluding hydrogens is 681 g/mol. The highest BCUT2D eigenvalue weighted by atomic mass is 32.2. The zero-order chi connectivity index (χ0) is 36.6. The minimum Gasteiger partial charge on any atom is -0.436 e. The van der Waals surface area contributed by atoms with E-state index >= 15 is 0 Å². The second-order valence-electron chi connectivity index (χ2n) is 12.2. The number of aryl methyl sites for hydroxylation is 1. The van der Waals surface area contributed by atoms with Crippen LogP contribution in [0.3, 0.4) is 0 Å². The third-order valence-corrected chi connectivity index (χ3v) is 9.64. The summed E-state index contributed by atoms with van der Waals surface area (Å²) in [4.78, 5) is 46.1. The van der Waals surface area contributed by atoms with E-state index < -0.39 is 17.1 Å². The van der Waals surface area contributed by atoms with Gasteiger partial charge in [-0.25, -0.2) is 4.98 Å². The highest BCUT2D eigenvalue weighted by molar-refractivity contribution is 8.00. The topological polar surface area (TPSA) is 113 Å². The number of anilines is 2.